The van der Waals surface area contributed by atoms with Gasteiger partial charge in [0.05, 0.1) is 19.0 Å². The molecule has 0 spiro atoms. The van der Waals surface area contributed by atoms with Crippen LogP contribution in [0.4, 0.5) is 0 Å². The molecule has 1 saturated heterocycles. The van der Waals surface area contributed by atoms with E-state index < -0.39 is 10.0 Å². The maximum atomic E-state index is 12.2. The third-order valence-corrected chi connectivity index (χ3v) is 6.71. The van der Waals surface area contributed by atoms with Crippen LogP contribution in [0, 0.1) is 11.8 Å². The third kappa shape index (κ3) is 4.16. The number of hydrogen-bond acceptors (Lipinski definition) is 4. The van der Waals surface area contributed by atoms with E-state index in [-0.39, 0.29) is 5.75 Å². The van der Waals surface area contributed by atoms with Gasteiger partial charge in [-0.15, -0.1) is 0 Å². The zero-order valence-corrected chi connectivity index (χ0v) is 13.5. The Morgan fingerprint density at radius 1 is 1.20 bits per heavy atom. The van der Waals surface area contributed by atoms with E-state index in [0.29, 0.717) is 44.8 Å². The average Bonchev–Trinajstić information content (AvgIpc) is 2.44. The molecule has 1 heterocycles. The molecule has 0 aromatic heterocycles. The fraction of sp³-hybridized carbons (Fsp3) is 1.00. The molecule has 1 saturated carbocycles. The van der Waals surface area contributed by atoms with Gasteiger partial charge < -0.3 is 10.1 Å². The minimum atomic E-state index is -3.12. The highest BCUT2D eigenvalue weighted by atomic mass is 32.2. The van der Waals surface area contributed by atoms with Crippen molar-refractivity contribution in [3.63, 3.8) is 0 Å². The lowest BCUT2D eigenvalue weighted by Gasteiger charge is -2.35. The second-order valence-corrected chi connectivity index (χ2v) is 8.24. The summed E-state index contributed by atoms with van der Waals surface area (Å²) >= 11 is 0. The molecule has 0 aromatic carbocycles. The lowest BCUT2D eigenvalue weighted by molar-refractivity contribution is 0.0730. The Balaban J connectivity index is 1.77. The van der Waals surface area contributed by atoms with Crippen LogP contribution in [0.25, 0.3) is 0 Å². The van der Waals surface area contributed by atoms with Crippen LogP contribution in [0.1, 0.15) is 33.1 Å². The Hall–Kier alpha value is -0.170. The van der Waals surface area contributed by atoms with Crippen molar-refractivity contribution in [3.05, 3.63) is 0 Å². The molecule has 1 aliphatic carbocycles. The van der Waals surface area contributed by atoms with Crippen LogP contribution < -0.4 is 5.32 Å². The molecular formula is C14H28N2O3S. The highest BCUT2D eigenvalue weighted by Gasteiger charge is 2.28. The van der Waals surface area contributed by atoms with Crippen LogP contribution in [0.15, 0.2) is 0 Å². The van der Waals surface area contributed by atoms with Crippen LogP contribution in [0.3, 0.4) is 0 Å². The molecule has 5 nitrogen and oxygen atoms in total. The molecule has 1 N–H and O–H groups in total. The Morgan fingerprint density at radius 3 is 2.60 bits per heavy atom. The van der Waals surface area contributed by atoms with E-state index in [1.165, 1.54) is 19.3 Å². The summed E-state index contributed by atoms with van der Waals surface area (Å²) in [5.74, 6) is 1.57. The van der Waals surface area contributed by atoms with E-state index in [0.717, 1.165) is 5.92 Å². The number of ether oxygens (including phenoxy) is 1. The summed E-state index contributed by atoms with van der Waals surface area (Å²) in [6, 6.07) is 0.471. The van der Waals surface area contributed by atoms with Crippen molar-refractivity contribution in [2.75, 3.05) is 38.6 Å². The smallest absolute Gasteiger partial charge is 0.215 e. The van der Waals surface area contributed by atoms with Crippen molar-refractivity contribution in [2.24, 2.45) is 11.8 Å². The van der Waals surface area contributed by atoms with Crippen LogP contribution in [-0.4, -0.2) is 57.4 Å². The average molecular weight is 304 g/mol. The monoisotopic (exact) mass is 304 g/mol. The molecule has 3 atom stereocenters. The van der Waals surface area contributed by atoms with Gasteiger partial charge in [-0.2, -0.15) is 4.31 Å². The first-order valence-corrected chi connectivity index (χ1v) is 9.40. The molecule has 0 radical (unpaired) electrons. The largest absolute Gasteiger partial charge is 0.379 e. The molecular weight excluding hydrogens is 276 g/mol. The lowest BCUT2D eigenvalue weighted by Crippen LogP contribution is -2.46. The maximum Gasteiger partial charge on any atom is 0.215 e. The quantitative estimate of drug-likeness (QED) is 0.825. The van der Waals surface area contributed by atoms with Gasteiger partial charge in [0.15, 0.2) is 0 Å². The predicted octanol–water partition coefficient (Wildman–Crippen LogP) is 1.06. The second-order valence-electron chi connectivity index (χ2n) is 6.16. The van der Waals surface area contributed by atoms with Crippen LogP contribution >= 0.6 is 0 Å². The molecule has 3 unspecified atom stereocenters. The summed E-state index contributed by atoms with van der Waals surface area (Å²) < 4.78 is 31.2. The van der Waals surface area contributed by atoms with Crippen molar-refractivity contribution in [3.8, 4) is 0 Å². The fourth-order valence-corrected chi connectivity index (χ4v) is 4.54. The zero-order chi connectivity index (χ0) is 14.6. The van der Waals surface area contributed by atoms with Gasteiger partial charge in [0.1, 0.15) is 0 Å². The third-order valence-electron chi connectivity index (χ3n) is 4.84. The van der Waals surface area contributed by atoms with E-state index in [9.17, 15) is 8.42 Å². The molecule has 2 rings (SSSR count). The number of nitrogens with zero attached hydrogens (tertiary/aromatic N) is 1. The number of nitrogens with one attached hydrogen (secondary N) is 1. The normalized spacial score (nSPS) is 33.2. The highest BCUT2D eigenvalue weighted by molar-refractivity contribution is 7.89. The molecule has 2 aliphatic rings. The van der Waals surface area contributed by atoms with Gasteiger partial charge >= 0.3 is 0 Å². The first-order valence-electron chi connectivity index (χ1n) is 7.79. The van der Waals surface area contributed by atoms with Gasteiger partial charge in [-0.3, -0.25) is 0 Å². The minimum absolute atomic E-state index is 0.199. The molecule has 0 aromatic rings. The van der Waals surface area contributed by atoms with Crippen LogP contribution in [0.5, 0.6) is 0 Å². The number of hydrogen-bond donors (Lipinski definition) is 1. The summed E-state index contributed by atoms with van der Waals surface area (Å²) in [5.41, 5.74) is 0. The van der Waals surface area contributed by atoms with E-state index in [4.69, 9.17) is 4.74 Å². The first kappa shape index (κ1) is 16.2. The van der Waals surface area contributed by atoms with Crippen molar-refractivity contribution in [2.45, 2.75) is 39.2 Å². The standard InChI is InChI=1S/C14H28N2O3S/c1-12-4-3-5-14(13(12)2)15-6-11-20(17,18)16-7-9-19-10-8-16/h12-15H,3-11H2,1-2H3. The molecule has 0 bridgehead atoms. The van der Waals surface area contributed by atoms with Gasteiger partial charge in [0.25, 0.3) is 0 Å². The highest BCUT2D eigenvalue weighted by Crippen LogP contribution is 2.29. The number of rotatable bonds is 5. The van der Waals surface area contributed by atoms with Crippen LogP contribution in [-0.2, 0) is 14.8 Å². The zero-order valence-electron chi connectivity index (χ0n) is 12.7. The van der Waals surface area contributed by atoms with Crippen molar-refractivity contribution in [1.82, 2.24) is 9.62 Å². The van der Waals surface area contributed by atoms with E-state index in [2.05, 4.69) is 19.2 Å². The summed E-state index contributed by atoms with van der Waals surface area (Å²) in [6.45, 7) is 7.16. The van der Waals surface area contributed by atoms with Crippen molar-refractivity contribution in [1.29, 1.82) is 0 Å². The Labute approximate surface area is 123 Å². The van der Waals surface area contributed by atoms with E-state index in [1.54, 1.807) is 4.31 Å². The number of sulfonamides is 1. The molecule has 6 heteroatoms. The SMILES string of the molecule is CC1CCCC(NCCS(=O)(=O)N2CCOCC2)C1C. The minimum Gasteiger partial charge on any atom is -0.379 e. The second kappa shape index (κ2) is 7.20. The van der Waals surface area contributed by atoms with Gasteiger partial charge in [-0.1, -0.05) is 26.7 Å². The van der Waals surface area contributed by atoms with Gasteiger partial charge in [-0.05, 0) is 18.3 Å². The maximum absolute atomic E-state index is 12.2. The summed E-state index contributed by atoms with van der Waals surface area (Å²) in [7, 11) is -3.12. The molecule has 2 fully saturated rings. The number of morpholine rings is 1. The molecule has 0 amide bonds. The topological polar surface area (TPSA) is 58.6 Å². The molecule has 1 aliphatic heterocycles. The lowest BCUT2D eigenvalue weighted by atomic mass is 9.78. The van der Waals surface area contributed by atoms with Gasteiger partial charge in [0, 0.05) is 25.7 Å². The van der Waals surface area contributed by atoms with Gasteiger partial charge in [-0.25, -0.2) is 8.42 Å². The molecule has 20 heavy (non-hydrogen) atoms. The summed E-state index contributed by atoms with van der Waals surface area (Å²) in [5, 5.41) is 3.46. The molecule has 118 valence electrons. The van der Waals surface area contributed by atoms with E-state index in [1.807, 2.05) is 0 Å². The summed E-state index contributed by atoms with van der Waals surface area (Å²) in [4.78, 5) is 0. The first-order chi connectivity index (χ1) is 9.50. The Kier molecular flexibility index (Phi) is 5.84. The summed E-state index contributed by atoms with van der Waals surface area (Å²) in [6.07, 6.45) is 3.72. The van der Waals surface area contributed by atoms with Crippen molar-refractivity contribution >= 4 is 10.0 Å². The van der Waals surface area contributed by atoms with E-state index >= 15 is 0 Å². The Morgan fingerprint density at radius 2 is 1.90 bits per heavy atom. The van der Waals surface area contributed by atoms with Crippen LogP contribution in [0.2, 0.25) is 0 Å². The predicted molar refractivity (Wildman–Crippen MR) is 80.1 cm³/mol. The van der Waals surface area contributed by atoms with Gasteiger partial charge in [0.2, 0.25) is 10.0 Å². The fourth-order valence-electron chi connectivity index (χ4n) is 3.20. The Bertz CT molecular complexity index is 393. The van der Waals surface area contributed by atoms with Crippen molar-refractivity contribution < 1.29 is 13.2 Å².